The molecular weight excluding hydrogens is 405 g/mol. The van der Waals surface area contributed by atoms with Gasteiger partial charge in [-0.15, -0.1) is 0 Å². The molecule has 0 radical (unpaired) electrons. The molecule has 0 N–H and O–H groups in total. The molecule has 28 heavy (non-hydrogen) atoms. The van der Waals surface area contributed by atoms with Gasteiger partial charge in [0, 0.05) is 49.9 Å². The normalized spacial score (nSPS) is 22.0. The number of halogens is 2. The highest BCUT2D eigenvalue weighted by atomic mass is 35.5. The minimum absolute atomic E-state index is 0.0773. The minimum Gasteiger partial charge on any atom is -0.339 e. The Balaban J connectivity index is 1.59. The van der Waals surface area contributed by atoms with Crippen molar-refractivity contribution in [1.29, 1.82) is 0 Å². The number of rotatable bonds is 6. The van der Waals surface area contributed by atoms with E-state index in [9.17, 15) is 17.6 Å². The molecule has 1 amide bonds. The van der Waals surface area contributed by atoms with Crippen molar-refractivity contribution >= 4 is 27.5 Å². The summed E-state index contributed by atoms with van der Waals surface area (Å²) in [5, 5.41) is 0.404. The van der Waals surface area contributed by atoms with Crippen molar-refractivity contribution in [2.24, 2.45) is 0 Å². The van der Waals surface area contributed by atoms with Gasteiger partial charge in [-0.05, 0) is 31.4 Å². The fraction of sp³-hybridized carbons (Fsp3) is 0.632. The summed E-state index contributed by atoms with van der Waals surface area (Å²) in [5.74, 6) is -0.358. The molecule has 9 heteroatoms. The van der Waals surface area contributed by atoms with Crippen LogP contribution in [-0.2, 0) is 21.4 Å². The summed E-state index contributed by atoms with van der Waals surface area (Å²) >= 11 is 6.10. The molecule has 0 spiro atoms. The van der Waals surface area contributed by atoms with Crippen LogP contribution >= 0.6 is 11.6 Å². The van der Waals surface area contributed by atoms with Crippen LogP contribution in [0.25, 0.3) is 0 Å². The monoisotopic (exact) mass is 431 g/mol. The van der Waals surface area contributed by atoms with E-state index >= 15 is 0 Å². The first-order valence-corrected chi connectivity index (χ1v) is 11.8. The second-order valence-electron chi connectivity index (χ2n) is 7.39. The Morgan fingerprint density at radius 3 is 2.57 bits per heavy atom. The molecule has 1 atom stereocenters. The van der Waals surface area contributed by atoms with Gasteiger partial charge < -0.3 is 4.90 Å². The quantitative estimate of drug-likeness (QED) is 0.693. The third kappa shape index (κ3) is 4.67. The maximum absolute atomic E-state index is 14.0. The van der Waals surface area contributed by atoms with Gasteiger partial charge in [-0.1, -0.05) is 24.6 Å². The van der Waals surface area contributed by atoms with Gasteiger partial charge in [0.2, 0.25) is 15.9 Å². The summed E-state index contributed by atoms with van der Waals surface area (Å²) in [6, 6.07) is 4.07. The van der Waals surface area contributed by atoms with Crippen molar-refractivity contribution in [3.8, 4) is 0 Å². The lowest BCUT2D eigenvalue weighted by molar-refractivity contribution is -0.136. The summed E-state index contributed by atoms with van der Waals surface area (Å²) in [7, 11) is -3.38. The molecule has 2 heterocycles. The fourth-order valence-corrected chi connectivity index (χ4v) is 5.90. The number of carbonyl (C=O) groups excluding carboxylic acids is 1. The van der Waals surface area contributed by atoms with Crippen molar-refractivity contribution in [1.82, 2.24) is 14.1 Å². The Bertz CT molecular complexity index is 792. The average Bonchev–Trinajstić information content (AvgIpc) is 3.16. The van der Waals surface area contributed by atoms with E-state index < -0.39 is 16.1 Å². The van der Waals surface area contributed by atoms with Gasteiger partial charge in [0.1, 0.15) is 11.9 Å². The second-order valence-corrected chi connectivity index (χ2v) is 9.83. The van der Waals surface area contributed by atoms with Gasteiger partial charge >= 0.3 is 0 Å². The lowest BCUT2D eigenvalue weighted by Crippen LogP contribution is -2.54. The van der Waals surface area contributed by atoms with Crippen LogP contribution in [0.2, 0.25) is 5.02 Å². The van der Waals surface area contributed by atoms with E-state index in [0.29, 0.717) is 69.1 Å². The zero-order chi connectivity index (χ0) is 20.3. The zero-order valence-corrected chi connectivity index (χ0v) is 17.7. The van der Waals surface area contributed by atoms with Gasteiger partial charge in [0.05, 0.1) is 5.75 Å². The van der Waals surface area contributed by atoms with Gasteiger partial charge in [-0.25, -0.2) is 12.8 Å². The summed E-state index contributed by atoms with van der Waals surface area (Å²) < 4.78 is 40.3. The number of piperazine rings is 1. The number of amides is 1. The first-order valence-electron chi connectivity index (χ1n) is 9.77. The Kier molecular flexibility index (Phi) is 6.96. The molecule has 3 rings (SSSR count). The van der Waals surface area contributed by atoms with Gasteiger partial charge in [-0.3, -0.25) is 9.69 Å². The zero-order valence-electron chi connectivity index (χ0n) is 16.1. The van der Waals surface area contributed by atoms with Crippen LogP contribution < -0.4 is 0 Å². The molecule has 6 nitrogen and oxygen atoms in total. The van der Waals surface area contributed by atoms with E-state index in [1.807, 2.05) is 6.92 Å². The predicted octanol–water partition coefficient (Wildman–Crippen LogP) is 2.33. The molecule has 1 aromatic carbocycles. The summed E-state index contributed by atoms with van der Waals surface area (Å²) in [5.41, 5.74) is 0.469. The number of sulfonamides is 1. The number of hydrogen-bond donors (Lipinski definition) is 0. The van der Waals surface area contributed by atoms with Crippen LogP contribution in [0.4, 0.5) is 4.39 Å². The van der Waals surface area contributed by atoms with Gasteiger partial charge in [-0.2, -0.15) is 4.31 Å². The van der Waals surface area contributed by atoms with Crippen LogP contribution in [0, 0.1) is 5.82 Å². The second kappa shape index (κ2) is 9.07. The van der Waals surface area contributed by atoms with E-state index in [2.05, 4.69) is 4.90 Å². The molecule has 0 bridgehead atoms. The van der Waals surface area contributed by atoms with E-state index in [0.717, 1.165) is 0 Å². The number of hydrogen-bond acceptors (Lipinski definition) is 4. The van der Waals surface area contributed by atoms with Crippen LogP contribution in [-0.4, -0.2) is 72.9 Å². The molecule has 2 saturated heterocycles. The minimum atomic E-state index is -3.38. The Labute approximate surface area is 171 Å². The average molecular weight is 432 g/mol. The molecule has 156 valence electrons. The first-order chi connectivity index (χ1) is 13.3. The van der Waals surface area contributed by atoms with Gasteiger partial charge in [0.25, 0.3) is 0 Å². The summed E-state index contributed by atoms with van der Waals surface area (Å²) in [6.45, 7) is 4.85. The standard InChI is InChI=1S/C19H27ClFN3O3S/c1-2-13-28(26,27)24-8-4-7-18(24)19(25)23-11-9-22(10-12-23)14-15-16(20)5-3-6-17(15)21/h3,5-6,18H,2,4,7-14H2,1H3. The summed E-state index contributed by atoms with van der Waals surface area (Å²) in [6.07, 6.45) is 1.83. The third-order valence-electron chi connectivity index (χ3n) is 5.44. The number of carbonyl (C=O) groups is 1. The highest BCUT2D eigenvalue weighted by Gasteiger charge is 2.40. The molecule has 0 saturated carbocycles. The van der Waals surface area contributed by atoms with Crippen LogP contribution in [0.15, 0.2) is 18.2 Å². The largest absolute Gasteiger partial charge is 0.339 e. The van der Waals surface area contributed by atoms with Crippen LogP contribution in [0.1, 0.15) is 31.7 Å². The maximum Gasteiger partial charge on any atom is 0.241 e. The fourth-order valence-electron chi connectivity index (χ4n) is 3.94. The van der Waals surface area contributed by atoms with Crippen LogP contribution in [0.3, 0.4) is 0 Å². The lowest BCUT2D eigenvalue weighted by atomic mass is 10.1. The Morgan fingerprint density at radius 2 is 1.93 bits per heavy atom. The highest BCUT2D eigenvalue weighted by Crippen LogP contribution is 2.25. The third-order valence-corrected chi connectivity index (χ3v) is 7.87. The molecule has 0 aliphatic carbocycles. The number of nitrogens with zero attached hydrogens (tertiary/aromatic N) is 3. The van der Waals surface area contributed by atoms with E-state index in [1.54, 1.807) is 17.0 Å². The lowest BCUT2D eigenvalue weighted by Gasteiger charge is -2.37. The first kappa shape index (κ1) is 21.5. The molecular formula is C19H27ClFN3O3S. The van der Waals surface area contributed by atoms with Crippen molar-refractivity contribution in [2.75, 3.05) is 38.5 Å². The molecule has 1 aromatic rings. The maximum atomic E-state index is 14.0. The summed E-state index contributed by atoms with van der Waals surface area (Å²) in [4.78, 5) is 16.8. The topological polar surface area (TPSA) is 60.9 Å². The molecule has 1 unspecified atom stereocenters. The van der Waals surface area contributed by atoms with E-state index in [4.69, 9.17) is 11.6 Å². The molecule has 2 fully saturated rings. The Morgan fingerprint density at radius 1 is 1.21 bits per heavy atom. The van der Waals surface area contributed by atoms with Crippen molar-refractivity contribution in [3.63, 3.8) is 0 Å². The number of benzene rings is 1. The SMILES string of the molecule is CCCS(=O)(=O)N1CCCC1C(=O)N1CCN(Cc2c(F)cccc2Cl)CC1. The van der Waals surface area contributed by atoms with E-state index in [1.165, 1.54) is 10.4 Å². The molecule has 2 aliphatic heterocycles. The van der Waals surface area contributed by atoms with Gasteiger partial charge in [0.15, 0.2) is 0 Å². The van der Waals surface area contributed by atoms with E-state index in [-0.39, 0.29) is 17.5 Å². The predicted molar refractivity (Wildman–Crippen MR) is 107 cm³/mol. The van der Waals surface area contributed by atoms with Crippen molar-refractivity contribution in [3.05, 3.63) is 34.6 Å². The van der Waals surface area contributed by atoms with Crippen molar-refractivity contribution < 1.29 is 17.6 Å². The smallest absolute Gasteiger partial charge is 0.241 e. The van der Waals surface area contributed by atoms with Crippen molar-refractivity contribution in [2.45, 2.75) is 38.8 Å². The molecule has 0 aromatic heterocycles. The van der Waals surface area contributed by atoms with Crippen LogP contribution in [0.5, 0.6) is 0 Å². The highest BCUT2D eigenvalue weighted by molar-refractivity contribution is 7.89. The Hall–Kier alpha value is -1.22. The molecule has 2 aliphatic rings.